The lowest BCUT2D eigenvalue weighted by Crippen LogP contribution is -2.37. The summed E-state index contributed by atoms with van der Waals surface area (Å²) in [5, 5.41) is 3.34. The summed E-state index contributed by atoms with van der Waals surface area (Å²) in [7, 11) is 0. The summed E-state index contributed by atoms with van der Waals surface area (Å²) in [6.07, 6.45) is 5.36. The van der Waals surface area contributed by atoms with Crippen molar-refractivity contribution >= 4 is 33.4 Å². The number of thiophene rings is 1. The molecular weight excluding hydrogens is 354 g/mol. The minimum Gasteiger partial charge on any atom is -0.459 e. The predicted octanol–water partition coefficient (Wildman–Crippen LogP) is 2.39. The third-order valence-corrected chi connectivity index (χ3v) is 5.66. The Kier molecular flexibility index (Phi) is 5.41. The number of hydrogen-bond donors (Lipinski definition) is 1. The van der Waals surface area contributed by atoms with E-state index in [2.05, 4.69) is 10.3 Å². The van der Waals surface area contributed by atoms with E-state index in [0.717, 1.165) is 37.0 Å². The van der Waals surface area contributed by atoms with Crippen molar-refractivity contribution < 1.29 is 14.3 Å². The lowest BCUT2D eigenvalue weighted by atomic mass is 10.2. The number of nitrogens with zero attached hydrogens (tertiary/aromatic N) is 2. The monoisotopic (exact) mass is 377 g/mol. The SMILES string of the molecule is Cc1c(C(=O)OC(C)C)sc2ncn(CC(=O)NC3CCCC3)c(=O)c12. The Balaban J connectivity index is 1.85. The van der Waals surface area contributed by atoms with Gasteiger partial charge in [0, 0.05) is 6.04 Å². The first-order valence-corrected chi connectivity index (χ1v) is 9.67. The van der Waals surface area contributed by atoms with Gasteiger partial charge in [-0.1, -0.05) is 12.8 Å². The van der Waals surface area contributed by atoms with E-state index in [4.69, 9.17) is 4.74 Å². The van der Waals surface area contributed by atoms with Gasteiger partial charge in [0.2, 0.25) is 5.91 Å². The van der Waals surface area contributed by atoms with Gasteiger partial charge in [-0.3, -0.25) is 14.2 Å². The van der Waals surface area contributed by atoms with Crippen LogP contribution in [-0.4, -0.2) is 33.6 Å². The van der Waals surface area contributed by atoms with E-state index in [1.807, 2.05) is 0 Å². The number of esters is 1. The number of carbonyl (C=O) groups excluding carboxylic acids is 2. The molecule has 140 valence electrons. The molecule has 1 saturated carbocycles. The number of carbonyl (C=O) groups is 2. The summed E-state index contributed by atoms with van der Waals surface area (Å²) in [4.78, 5) is 42.3. The van der Waals surface area contributed by atoms with Crippen molar-refractivity contribution in [2.24, 2.45) is 0 Å². The van der Waals surface area contributed by atoms with Crippen LogP contribution < -0.4 is 10.9 Å². The van der Waals surface area contributed by atoms with Crippen molar-refractivity contribution in [2.75, 3.05) is 0 Å². The van der Waals surface area contributed by atoms with E-state index in [9.17, 15) is 14.4 Å². The molecule has 26 heavy (non-hydrogen) atoms. The maximum atomic E-state index is 12.8. The van der Waals surface area contributed by atoms with Crippen LogP contribution in [0.4, 0.5) is 0 Å². The first-order chi connectivity index (χ1) is 12.4. The first-order valence-electron chi connectivity index (χ1n) is 8.85. The Hall–Kier alpha value is -2.22. The maximum absolute atomic E-state index is 12.8. The Bertz CT molecular complexity index is 894. The molecule has 2 heterocycles. The molecule has 2 aromatic heterocycles. The highest BCUT2D eigenvalue weighted by molar-refractivity contribution is 7.20. The fraction of sp³-hybridized carbons (Fsp3) is 0.556. The lowest BCUT2D eigenvalue weighted by molar-refractivity contribution is -0.122. The fourth-order valence-corrected chi connectivity index (χ4v) is 4.25. The van der Waals surface area contributed by atoms with Crippen molar-refractivity contribution in [3.8, 4) is 0 Å². The van der Waals surface area contributed by atoms with Gasteiger partial charge in [0.15, 0.2) is 0 Å². The zero-order valence-electron chi connectivity index (χ0n) is 15.2. The standard InChI is InChI=1S/C18H23N3O4S/c1-10(2)25-18(24)15-11(3)14-16(26-15)19-9-21(17(14)23)8-13(22)20-12-6-4-5-7-12/h9-10,12H,4-8H2,1-3H3,(H,20,22). The highest BCUT2D eigenvalue weighted by atomic mass is 32.1. The third-order valence-electron chi connectivity index (χ3n) is 4.48. The van der Waals surface area contributed by atoms with E-state index >= 15 is 0 Å². The summed E-state index contributed by atoms with van der Waals surface area (Å²) >= 11 is 1.14. The molecule has 7 nitrogen and oxygen atoms in total. The van der Waals surface area contributed by atoms with Crippen LogP contribution in [0.2, 0.25) is 0 Å². The molecule has 0 unspecified atom stereocenters. The molecule has 0 spiro atoms. The molecule has 2 aromatic rings. The normalized spacial score (nSPS) is 14.9. The van der Waals surface area contributed by atoms with E-state index in [0.29, 0.717) is 20.7 Å². The van der Waals surface area contributed by atoms with Crippen LogP contribution >= 0.6 is 11.3 Å². The molecule has 0 radical (unpaired) electrons. The van der Waals surface area contributed by atoms with Crippen molar-refractivity contribution in [1.82, 2.24) is 14.9 Å². The smallest absolute Gasteiger partial charge is 0.348 e. The Morgan fingerprint density at radius 3 is 2.73 bits per heavy atom. The molecule has 1 amide bonds. The number of fused-ring (bicyclic) bond motifs is 1. The van der Waals surface area contributed by atoms with Gasteiger partial charge in [-0.2, -0.15) is 0 Å². The maximum Gasteiger partial charge on any atom is 0.348 e. The van der Waals surface area contributed by atoms with Crippen LogP contribution in [0, 0.1) is 6.92 Å². The molecule has 0 aromatic carbocycles. The Labute approximate surface area is 155 Å². The molecule has 1 aliphatic carbocycles. The molecular formula is C18H23N3O4S. The summed E-state index contributed by atoms with van der Waals surface area (Å²) in [6.45, 7) is 5.19. The summed E-state index contributed by atoms with van der Waals surface area (Å²) < 4.78 is 6.52. The quantitative estimate of drug-likeness (QED) is 0.808. The number of ether oxygens (including phenoxy) is 1. The van der Waals surface area contributed by atoms with Crippen molar-refractivity contribution in [3.05, 3.63) is 27.1 Å². The summed E-state index contributed by atoms with van der Waals surface area (Å²) in [5.41, 5.74) is 0.243. The van der Waals surface area contributed by atoms with Gasteiger partial charge in [0.05, 0.1) is 17.8 Å². The largest absolute Gasteiger partial charge is 0.459 e. The number of aromatic nitrogens is 2. The highest BCUT2D eigenvalue weighted by Gasteiger charge is 2.22. The molecule has 3 rings (SSSR count). The lowest BCUT2D eigenvalue weighted by Gasteiger charge is -2.12. The zero-order valence-corrected chi connectivity index (χ0v) is 16.0. The average Bonchev–Trinajstić information content (AvgIpc) is 3.17. The molecule has 1 N–H and O–H groups in total. The molecule has 0 aliphatic heterocycles. The zero-order chi connectivity index (χ0) is 18.8. The van der Waals surface area contributed by atoms with Gasteiger partial charge in [-0.05, 0) is 39.2 Å². The minimum absolute atomic E-state index is 0.0701. The van der Waals surface area contributed by atoms with E-state index in [1.54, 1.807) is 20.8 Å². The molecule has 8 heteroatoms. The van der Waals surface area contributed by atoms with Gasteiger partial charge in [-0.15, -0.1) is 11.3 Å². The van der Waals surface area contributed by atoms with Gasteiger partial charge in [-0.25, -0.2) is 9.78 Å². The van der Waals surface area contributed by atoms with Crippen LogP contribution in [0.1, 0.15) is 54.8 Å². The van der Waals surface area contributed by atoms with Crippen LogP contribution in [0.5, 0.6) is 0 Å². The van der Waals surface area contributed by atoms with E-state index < -0.39 is 5.97 Å². The second-order valence-corrected chi connectivity index (χ2v) is 7.92. The average molecular weight is 377 g/mol. The number of hydrogen-bond acceptors (Lipinski definition) is 6. The topological polar surface area (TPSA) is 90.3 Å². The molecule has 1 aliphatic rings. The molecule has 0 atom stereocenters. The second kappa shape index (κ2) is 7.57. The van der Waals surface area contributed by atoms with Gasteiger partial charge >= 0.3 is 5.97 Å². The third kappa shape index (κ3) is 3.80. The minimum atomic E-state index is -0.453. The van der Waals surface area contributed by atoms with Crippen molar-refractivity contribution in [3.63, 3.8) is 0 Å². The van der Waals surface area contributed by atoms with Gasteiger partial charge < -0.3 is 10.1 Å². The van der Waals surface area contributed by atoms with Crippen LogP contribution in [0.15, 0.2) is 11.1 Å². The Morgan fingerprint density at radius 1 is 1.38 bits per heavy atom. The molecule has 0 saturated heterocycles. The first kappa shape index (κ1) is 18.6. The summed E-state index contributed by atoms with van der Waals surface area (Å²) in [5.74, 6) is -0.641. The number of rotatable bonds is 5. The Morgan fingerprint density at radius 2 is 2.08 bits per heavy atom. The van der Waals surface area contributed by atoms with Crippen molar-refractivity contribution in [1.29, 1.82) is 0 Å². The van der Waals surface area contributed by atoms with Gasteiger partial charge in [0.1, 0.15) is 16.3 Å². The van der Waals surface area contributed by atoms with Crippen LogP contribution in [0.25, 0.3) is 10.2 Å². The van der Waals surface area contributed by atoms with Crippen LogP contribution in [0.3, 0.4) is 0 Å². The number of aryl methyl sites for hydroxylation is 1. The summed E-state index contributed by atoms with van der Waals surface area (Å²) in [6, 6.07) is 0.204. The fourth-order valence-electron chi connectivity index (χ4n) is 3.23. The van der Waals surface area contributed by atoms with E-state index in [-0.39, 0.29) is 30.2 Å². The second-order valence-electron chi connectivity index (χ2n) is 6.92. The van der Waals surface area contributed by atoms with E-state index in [1.165, 1.54) is 10.9 Å². The van der Waals surface area contributed by atoms with Crippen molar-refractivity contribution in [2.45, 2.75) is 65.1 Å². The van der Waals surface area contributed by atoms with Crippen LogP contribution in [-0.2, 0) is 16.1 Å². The number of nitrogens with one attached hydrogen (secondary N) is 1. The van der Waals surface area contributed by atoms with Gasteiger partial charge in [0.25, 0.3) is 5.56 Å². The molecule has 1 fully saturated rings. The predicted molar refractivity (Wildman–Crippen MR) is 99.6 cm³/mol. The molecule has 0 bridgehead atoms. The highest BCUT2D eigenvalue weighted by Crippen LogP contribution is 2.27. The number of amides is 1.